The van der Waals surface area contributed by atoms with Crippen LogP contribution >= 0.6 is 43.2 Å². The monoisotopic (exact) mass is 402 g/mol. The number of rotatable bonds is 3. The molecule has 1 N–H and O–H groups in total. The van der Waals surface area contributed by atoms with Gasteiger partial charge in [0, 0.05) is 5.69 Å². The molecule has 2 heterocycles. The first-order valence-electron chi connectivity index (χ1n) is 5.63. The highest BCUT2D eigenvalue weighted by molar-refractivity contribution is 9.12. The molecule has 0 spiro atoms. The molecule has 0 saturated carbocycles. The van der Waals surface area contributed by atoms with Crippen molar-refractivity contribution in [2.45, 2.75) is 20.3 Å². The van der Waals surface area contributed by atoms with Gasteiger partial charge in [0.25, 0.3) is 0 Å². The van der Waals surface area contributed by atoms with E-state index in [1.54, 1.807) is 11.3 Å². The Kier molecular flexibility index (Phi) is 4.76. The van der Waals surface area contributed by atoms with Crippen molar-refractivity contribution in [3.8, 4) is 0 Å². The summed E-state index contributed by atoms with van der Waals surface area (Å²) < 4.78 is 1.98. The normalized spacial score (nSPS) is 10.5. The minimum Gasteiger partial charge on any atom is -0.310 e. The minimum atomic E-state index is -0.0662. The average molecular weight is 404 g/mol. The van der Waals surface area contributed by atoms with E-state index in [1.165, 1.54) is 0 Å². The van der Waals surface area contributed by atoms with Gasteiger partial charge in [0.1, 0.15) is 5.82 Å². The molecular formula is C13H12Br2N2OS. The first-order chi connectivity index (χ1) is 8.94. The molecule has 0 fully saturated rings. The van der Waals surface area contributed by atoms with Crippen molar-refractivity contribution in [1.29, 1.82) is 0 Å². The van der Waals surface area contributed by atoms with E-state index in [2.05, 4.69) is 42.2 Å². The standard InChI is InChI=1S/C13H12Br2N2OS/c1-7-3-8(2)16-11(4-7)17-12(18)6-9-5-10(14)19-13(9)15/h3-5H,6H2,1-2H3,(H,16,17,18). The smallest absolute Gasteiger partial charge is 0.230 e. The Bertz CT molecular complexity index is 605. The quantitative estimate of drug-likeness (QED) is 0.821. The van der Waals surface area contributed by atoms with Crippen molar-refractivity contribution in [3.05, 3.63) is 42.6 Å². The topological polar surface area (TPSA) is 42.0 Å². The number of carbonyl (C=O) groups excluding carboxylic acids is 1. The van der Waals surface area contributed by atoms with E-state index in [0.29, 0.717) is 12.2 Å². The number of anilines is 1. The summed E-state index contributed by atoms with van der Waals surface area (Å²) in [6, 6.07) is 5.79. The van der Waals surface area contributed by atoms with Gasteiger partial charge in [-0.05, 0) is 75.0 Å². The second-order valence-corrected chi connectivity index (χ2v) is 7.99. The summed E-state index contributed by atoms with van der Waals surface area (Å²) in [4.78, 5) is 16.3. The van der Waals surface area contributed by atoms with Gasteiger partial charge in [-0.15, -0.1) is 11.3 Å². The van der Waals surface area contributed by atoms with Gasteiger partial charge in [-0.1, -0.05) is 0 Å². The number of nitrogens with one attached hydrogen (secondary N) is 1. The minimum absolute atomic E-state index is 0.0662. The summed E-state index contributed by atoms with van der Waals surface area (Å²) >= 11 is 8.41. The number of pyridine rings is 1. The highest BCUT2D eigenvalue weighted by Gasteiger charge is 2.11. The Labute approximate surface area is 132 Å². The Morgan fingerprint density at radius 2 is 2.05 bits per heavy atom. The van der Waals surface area contributed by atoms with Crippen molar-refractivity contribution in [3.63, 3.8) is 0 Å². The highest BCUT2D eigenvalue weighted by Crippen LogP contribution is 2.32. The van der Waals surface area contributed by atoms with Crippen LogP contribution in [0, 0.1) is 13.8 Å². The molecule has 1 amide bonds. The number of thiophene rings is 1. The van der Waals surface area contributed by atoms with Gasteiger partial charge in [0.2, 0.25) is 5.91 Å². The molecule has 2 rings (SSSR count). The third-order valence-corrected chi connectivity index (χ3v) is 4.91. The molecule has 2 aromatic heterocycles. The van der Waals surface area contributed by atoms with Crippen LogP contribution in [-0.2, 0) is 11.2 Å². The molecule has 0 aromatic carbocycles. The fourth-order valence-corrected chi connectivity index (χ4v) is 4.59. The fraction of sp³-hybridized carbons (Fsp3) is 0.231. The number of aryl methyl sites for hydroxylation is 2. The van der Waals surface area contributed by atoms with Crippen LogP contribution in [-0.4, -0.2) is 10.9 Å². The lowest BCUT2D eigenvalue weighted by Crippen LogP contribution is -2.15. The lowest BCUT2D eigenvalue weighted by atomic mass is 10.2. The molecule has 0 atom stereocenters. The van der Waals surface area contributed by atoms with Gasteiger partial charge < -0.3 is 5.32 Å². The molecule has 0 saturated heterocycles. The van der Waals surface area contributed by atoms with Crippen LogP contribution in [0.25, 0.3) is 0 Å². The Hall–Kier alpha value is -0.720. The number of halogens is 2. The molecule has 2 aromatic rings. The Morgan fingerprint density at radius 1 is 1.32 bits per heavy atom. The number of nitrogens with zero attached hydrogens (tertiary/aromatic N) is 1. The van der Waals surface area contributed by atoms with E-state index in [0.717, 1.165) is 24.4 Å². The summed E-state index contributed by atoms with van der Waals surface area (Å²) in [5.41, 5.74) is 2.95. The Morgan fingerprint density at radius 3 is 2.63 bits per heavy atom. The molecule has 0 unspecified atom stereocenters. The summed E-state index contributed by atoms with van der Waals surface area (Å²) in [6.07, 6.45) is 0.331. The van der Waals surface area contributed by atoms with Crippen molar-refractivity contribution in [2.24, 2.45) is 0 Å². The maximum atomic E-state index is 12.0. The van der Waals surface area contributed by atoms with Crippen LogP contribution in [0.1, 0.15) is 16.8 Å². The number of hydrogen-bond acceptors (Lipinski definition) is 3. The van der Waals surface area contributed by atoms with Crippen LogP contribution in [0.4, 0.5) is 5.82 Å². The first-order valence-corrected chi connectivity index (χ1v) is 8.03. The van der Waals surface area contributed by atoms with Gasteiger partial charge >= 0.3 is 0 Å². The second-order valence-electron chi connectivity index (χ2n) is 4.25. The van der Waals surface area contributed by atoms with E-state index in [4.69, 9.17) is 0 Å². The van der Waals surface area contributed by atoms with Crippen molar-refractivity contribution >= 4 is 54.9 Å². The summed E-state index contributed by atoms with van der Waals surface area (Å²) in [5.74, 6) is 0.538. The van der Waals surface area contributed by atoms with Gasteiger partial charge in [-0.2, -0.15) is 0 Å². The third-order valence-electron chi connectivity index (χ3n) is 2.44. The van der Waals surface area contributed by atoms with E-state index >= 15 is 0 Å². The average Bonchev–Trinajstić information content (AvgIpc) is 2.55. The number of aromatic nitrogens is 1. The molecule has 3 nitrogen and oxygen atoms in total. The SMILES string of the molecule is Cc1cc(C)nc(NC(=O)Cc2cc(Br)sc2Br)c1. The molecule has 0 aliphatic carbocycles. The predicted molar refractivity (Wildman–Crippen MR) is 85.8 cm³/mol. The molecule has 100 valence electrons. The van der Waals surface area contributed by atoms with E-state index < -0.39 is 0 Å². The number of amides is 1. The van der Waals surface area contributed by atoms with Crippen LogP contribution < -0.4 is 5.32 Å². The maximum absolute atomic E-state index is 12.0. The van der Waals surface area contributed by atoms with Crippen molar-refractivity contribution in [2.75, 3.05) is 5.32 Å². The van der Waals surface area contributed by atoms with Gasteiger partial charge in [-0.3, -0.25) is 4.79 Å². The van der Waals surface area contributed by atoms with Crippen molar-refractivity contribution < 1.29 is 4.79 Å². The molecule has 0 aliphatic rings. The molecule has 0 bridgehead atoms. The lowest BCUT2D eigenvalue weighted by molar-refractivity contribution is -0.115. The highest BCUT2D eigenvalue weighted by atomic mass is 79.9. The zero-order valence-corrected chi connectivity index (χ0v) is 14.4. The van der Waals surface area contributed by atoms with Crippen LogP contribution in [0.3, 0.4) is 0 Å². The first kappa shape index (κ1) is 14.7. The van der Waals surface area contributed by atoms with E-state index in [1.807, 2.05) is 32.0 Å². The largest absolute Gasteiger partial charge is 0.310 e. The fourth-order valence-electron chi connectivity index (χ4n) is 1.76. The molecular weight excluding hydrogens is 392 g/mol. The number of hydrogen-bond donors (Lipinski definition) is 1. The zero-order chi connectivity index (χ0) is 14.0. The second kappa shape index (κ2) is 6.15. The van der Waals surface area contributed by atoms with E-state index in [-0.39, 0.29) is 5.91 Å². The van der Waals surface area contributed by atoms with Crippen LogP contribution in [0.15, 0.2) is 25.8 Å². The van der Waals surface area contributed by atoms with Gasteiger partial charge in [0.05, 0.1) is 14.0 Å². The summed E-state index contributed by atoms with van der Waals surface area (Å²) in [7, 11) is 0. The van der Waals surface area contributed by atoms with Crippen LogP contribution in [0.5, 0.6) is 0 Å². The molecule has 19 heavy (non-hydrogen) atoms. The summed E-state index contributed by atoms with van der Waals surface area (Å²) in [5, 5.41) is 2.83. The lowest BCUT2D eigenvalue weighted by Gasteiger charge is -2.06. The van der Waals surface area contributed by atoms with Gasteiger partial charge in [-0.25, -0.2) is 4.98 Å². The molecule has 0 radical (unpaired) electrons. The maximum Gasteiger partial charge on any atom is 0.230 e. The Balaban J connectivity index is 2.07. The van der Waals surface area contributed by atoms with E-state index in [9.17, 15) is 4.79 Å². The predicted octanol–water partition coefficient (Wildman–Crippen LogP) is 4.47. The van der Waals surface area contributed by atoms with Crippen LogP contribution in [0.2, 0.25) is 0 Å². The third kappa shape index (κ3) is 4.12. The molecule has 0 aliphatic heterocycles. The number of carbonyl (C=O) groups is 1. The zero-order valence-electron chi connectivity index (χ0n) is 10.5. The van der Waals surface area contributed by atoms with Gasteiger partial charge in [0.15, 0.2) is 0 Å². The van der Waals surface area contributed by atoms with Crippen molar-refractivity contribution in [1.82, 2.24) is 4.98 Å². The molecule has 6 heteroatoms. The summed E-state index contributed by atoms with van der Waals surface area (Å²) in [6.45, 7) is 3.89.